The van der Waals surface area contributed by atoms with E-state index >= 15 is 0 Å². The standard InChI is InChI=1S/C17H27NO2/c1-14(2,3)13-11-17(20-8,15(4,5)6)10-9-16(13,12-18)19-7/h9-11H,1-8H3/t16-,17+/m1/s1. The van der Waals surface area contributed by atoms with Gasteiger partial charge in [0.05, 0.1) is 0 Å². The molecule has 1 aliphatic rings. The van der Waals surface area contributed by atoms with Gasteiger partial charge in [-0.2, -0.15) is 5.26 Å². The molecule has 20 heavy (non-hydrogen) atoms. The van der Waals surface area contributed by atoms with Gasteiger partial charge >= 0.3 is 0 Å². The van der Waals surface area contributed by atoms with Crippen LogP contribution in [-0.4, -0.2) is 25.4 Å². The second kappa shape index (κ2) is 5.02. The van der Waals surface area contributed by atoms with Crippen molar-refractivity contribution in [3.8, 4) is 6.07 Å². The van der Waals surface area contributed by atoms with E-state index in [-0.39, 0.29) is 10.8 Å². The maximum atomic E-state index is 9.61. The minimum atomic E-state index is -1.01. The lowest BCUT2D eigenvalue weighted by molar-refractivity contribution is -0.0228. The van der Waals surface area contributed by atoms with Crippen LogP contribution in [0.25, 0.3) is 0 Å². The van der Waals surface area contributed by atoms with Crippen LogP contribution in [0.1, 0.15) is 41.5 Å². The minimum Gasteiger partial charge on any atom is -0.369 e. The summed E-state index contributed by atoms with van der Waals surface area (Å²) < 4.78 is 11.4. The highest BCUT2D eigenvalue weighted by molar-refractivity contribution is 5.46. The normalized spacial score (nSPS) is 30.9. The summed E-state index contributed by atoms with van der Waals surface area (Å²) in [5.74, 6) is 0. The van der Waals surface area contributed by atoms with Gasteiger partial charge < -0.3 is 9.47 Å². The number of hydrogen-bond acceptors (Lipinski definition) is 3. The molecular formula is C17H27NO2. The van der Waals surface area contributed by atoms with Crippen molar-refractivity contribution in [2.45, 2.75) is 52.7 Å². The van der Waals surface area contributed by atoms with Crippen LogP contribution in [0.5, 0.6) is 0 Å². The quantitative estimate of drug-likeness (QED) is 0.720. The summed E-state index contributed by atoms with van der Waals surface area (Å²) in [4.78, 5) is 0. The topological polar surface area (TPSA) is 42.2 Å². The Morgan fingerprint density at radius 2 is 1.55 bits per heavy atom. The van der Waals surface area contributed by atoms with Gasteiger partial charge in [0.2, 0.25) is 0 Å². The number of methoxy groups -OCH3 is 2. The first kappa shape index (κ1) is 16.9. The third-order valence-corrected chi connectivity index (χ3v) is 4.13. The molecule has 0 saturated carbocycles. The second-order valence-electron chi connectivity index (χ2n) is 7.44. The Labute approximate surface area is 123 Å². The zero-order valence-electron chi connectivity index (χ0n) is 14.0. The predicted molar refractivity (Wildman–Crippen MR) is 81.2 cm³/mol. The second-order valence-corrected chi connectivity index (χ2v) is 7.44. The first-order valence-electron chi connectivity index (χ1n) is 6.94. The van der Waals surface area contributed by atoms with Crippen LogP contribution in [0, 0.1) is 22.2 Å². The van der Waals surface area contributed by atoms with Crippen molar-refractivity contribution in [1.82, 2.24) is 0 Å². The lowest BCUT2D eigenvalue weighted by Crippen LogP contribution is -2.48. The van der Waals surface area contributed by atoms with Crippen LogP contribution in [0.3, 0.4) is 0 Å². The van der Waals surface area contributed by atoms with Crippen LogP contribution in [0.4, 0.5) is 0 Å². The molecule has 1 rings (SSSR count). The maximum Gasteiger partial charge on any atom is 0.194 e. The first-order chi connectivity index (χ1) is 8.98. The van der Waals surface area contributed by atoms with E-state index in [0.717, 1.165) is 5.57 Å². The molecule has 0 aromatic carbocycles. The molecule has 1 aliphatic carbocycles. The van der Waals surface area contributed by atoms with Crippen molar-refractivity contribution in [2.75, 3.05) is 14.2 Å². The number of nitrogens with zero attached hydrogens (tertiary/aromatic N) is 1. The van der Waals surface area contributed by atoms with E-state index in [1.807, 2.05) is 12.2 Å². The third kappa shape index (κ3) is 2.55. The summed E-state index contributed by atoms with van der Waals surface area (Å²) in [6, 6.07) is 2.30. The van der Waals surface area contributed by atoms with Crippen LogP contribution in [0.2, 0.25) is 0 Å². The fourth-order valence-corrected chi connectivity index (χ4v) is 2.70. The van der Waals surface area contributed by atoms with Crippen molar-refractivity contribution in [1.29, 1.82) is 5.26 Å². The van der Waals surface area contributed by atoms with Crippen LogP contribution in [-0.2, 0) is 9.47 Å². The van der Waals surface area contributed by atoms with Gasteiger partial charge in [-0.3, -0.25) is 0 Å². The highest BCUT2D eigenvalue weighted by Gasteiger charge is 2.48. The average Bonchev–Trinajstić information content (AvgIpc) is 2.35. The number of nitriles is 1. The lowest BCUT2D eigenvalue weighted by Gasteiger charge is -2.46. The Balaban J connectivity index is 3.57. The molecule has 3 nitrogen and oxygen atoms in total. The van der Waals surface area contributed by atoms with Gasteiger partial charge in [0.25, 0.3) is 0 Å². The number of hydrogen-bond donors (Lipinski definition) is 0. The fraction of sp³-hybridized carbons (Fsp3) is 0.706. The molecule has 0 aromatic heterocycles. The summed E-state index contributed by atoms with van der Waals surface area (Å²) in [7, 11) is 3.28. The molecule has 0 aliphatic heterocycles. The van der Waals surface area contributed by atoms with Crippen molar-refractivity contribution < 1.29 is 9.47 Å². The van der Waals surface area contributed by atoms with Gasteiger partial charge in [0, 0.05) is 14.2 Å². The van der Waals surface area contributed by atoms with Crippen molar-refractivity contribution in [3.05, 3.63) is 23.8 Å². The van der Waals surface area contributed by atoms with E-state index in [4.69, 9.17) is 9.47 Å². The van der Waals surface area contributed by atoms with Gasteiger partial charge in [0.15, 0.2) is 5.60 Å². The molecule has 0 N–H and O–H groups in total. The predicted octanol–water partition coefficient (Wildman–Crippen LogP) is 3.87. The van der Waals surface area contributed by atoms with Gasteiger partial charge in [-0.05, 0) is 34.6 Å². The monoisotopic (exact) mass is 277 g/mol. The van der Waals surface area contributed by atoms with E-state index in [9.17, 15) is 5.26 Å². The SMILES string of the molecule is CO[C@@]1(C(C)(C)C)C=C[C@](C#N)(OC)C(C(C)(C)C)=C1. The molecule has 0 aromatic rings. The Bertz CT molecular complexity index is 471. The zero-order valence-corrected chi connectivity index (χ0v) is 14.0. The van der Waals surface area contributed by atoms with Crippen LogP contribution in [0.15, 0.2) is 23.8 Å². The maximum absolute atomic E-state index is 9.61. The Hall–Kier alpha value is -1.11. The summed E-state index contributed by atoms with van der Waals surface area (Å²) in [6.07, 6.45) is 5.86. The molecule has 0 saturated heterocycles. The lowest BCUT2D eigenvalue weighted by atomic mass is 9.65. The molecule has 0 amide bonds. The molecule has 0 bridgehead atoms. The number of ether oxygens (including phenoxy) is 2. The molecule has 0 unspecified atom stereocenters. The van der Waals surface area contributed by atoms with E-state index in [2.05, 4.69) is 53.7 Å². The van der Waals surface area contributed by atoms with Crippen LogP contribution < -0.4 is 0 Å². The summed E-state index contributed by atoms with van der Waals surface area (Å²) >= 11 is 0. The highest BCUT2D eigenvalue weighted by Crippen LogP contribution is 2.47. The van der Waals surface area contributed by atoms with Crippen molar-refractivity contribution >= 4 is 0 Å². The fourth-order valence-electron chi connectivity index (χ4n) is 2.70. The third-order valence-electron chi connectivity index (χ3n) is 4.13. The smallest absolute Gasteiger partial charge is 0.194 e. The molecule has 0 heterocycles. The van der Waals surface area contributed by atoms with E-state index in [1.54, 1.807) is 14.2 Å². The van der Waals surface area contributed by atoms with Crippen molar-refractivity contribution in [2.24, 2.45) is 10.8 Å². The molecule has 0 fully saturated rings. The Morgan fingerprint density at radius 1 is 1.00 bits per heavy atom. The van der Waals surface area contributed by atoms with Gasteiger partial charge in [-0.1, -0.05) is 41.5 Å². The summed E-state index contributed by atoms with van der Waals surface area (Å²) in [6.45, 7) is 12.7. The Kier molecular flexibility index (Phi) is 4.25. The average molecular weight is 277 g/mol. The van der Waals surface area contributed by atoms with Gasteiger partial charge in [-0.15, -0.1) is 0 Å². The molecule has 0 radical (unpaired) electrons. The summed E-state index contributed by atoms with van der Waals surface area (Å²) in [5.41, 5.74) is -0.912. The number of rotatable bonds is 2. The largest absolute Gasteiger partial charge is 0.369 e. The highest BCUT2D eigenvalue weighted by atomic mass is 16.5. The molecular weight excluding hydrogens is 250 g/mol. The molecule has 112 valence electrons. The van der Waals surface area contributed by atoms with E-state index < -0.39 is 11.2 Å². The van der Waals surface area contributed by atoms with Crippen molar-refractivity contribution in [3.63, 3.8) is 0 Å². The van der Waals surface area contributed by atoms with Crippen LogP contribution >= 0.6 is 0 Å². The zero-order chi connectivity index (χ0) is 15.8. The molecule has 0 spiro atoms. The van der Waals surface area contributed by atoms with Gasteiger partial charge in [-0.25, -0.2) is 0 Å². The molecule has 3 heteroatoms. The summed E-state index contributed by atoms with van der Waals surface area (Å²) in [5, 5.41) is 9.61. The van der Waals surface area contributed by atoms with E-state index in [0.29, 0.717) is 0 Å². The minimum absolute atomic E-state index is 0.121. The van der Waals surface area contributed by atoms with Gasteiger partial charge in [0.1, 0.15) is 11.7 Å². The Morgan fingerprint density at radius 3 is 1.85 bits per heavy atom. The first-order valence-corrected chi connectivity index (χ1v) is 6.94. The van der Waals surface area contributed by atoms with E-state index in [1.165, 1.54) is 0 Å². The molecule has 2 atom stereocenters.